The summed E-state index contributed by atoms with van der Waals surface area (Å²) in [5.74, 6) is 0.736. The fourth-order valence-corrected chi connectivity index (χ4v) is 2.12. The summed E-state index contributed by atoms with van der Waals surface area (Å²) in [6.45, 7) is 3.36. The number of para-hydroxylation sites is 1. The average Bonchev–Trinajstić information content (AvgIpc) is 2.26. The highest BCUT2D eigenvalue weighted by Gasteiger charge is 2.08. The van der Waals surface area contributed by atoms with Crippen molar-refractivity contribution in [1.82, 2.24) is 0 Å². The van der Waals surface area contributed by atoms with Crippen LogP contribution in [0.5, 0.6) is 0 Å². The highest BCUT2D eigenvalue weighted by atomic mass is 79.9. The van der Waals surface area contributed by atoms with Crippen molar-refractivity contribution in [2.24, 2.45) is 5.92 Å². The van der Waals surface area contributed by atoms with Crippen LogP contribution in [-0.4, -0.2) is 18.9 Å². The third kappa shape index (κ3) is 3.33. The van der Waals surface area contributed by atoms with Gasteiger partial charge in [0.25, 0.3) is 0 Å². The highest BCUT2D eigenvalue weighted by Crippen LogP contribution is 2.15. The minimum absolute atomic E-state index is 0.736. The minimum Gasteiger partial charge on any atom is -0.374 e. The van der Waals surface area contributed by atoms with Gasteiger partial charge in [0, 0.05) is 24.6 Å². The van der Waals surface area contributed by atoms with Crippen LogP contribution in [0.1, 0.15) is 13.3 Å². The third-order valence-corrected chi connectivity index (χ3v) is 3.44. The molecule has 0 fully saturated rings. The molecule has 0 aromatic heterocycles. The monoisotopic (exact) mass is 255 g/mol. The van der Waals surface area contributed by atoms with E-state index in [0.717, 1.165) is 17.8 Å². The summed E-state index contributed by atoms with van der Waals surface area (Å²) >= 11 is 3.55. The van der Waals surface area contributed by atoms with Gasteiger partial charge in [0.1, 0.15) is 0 Å². The van der Waals surface area contributed by atoms with Crippen molar-refractivity contribution in [3.8, 4) is 0 Å². The SMILES string of the molecule is CCC(CBr)CN(C)c1ccccc1. The lowest BCUT2D eigenvalue weighted by Gasteiger charge is -2.23. The summed E-state index contributed by atoms with van der Waals surface area (Å²) in [7, 11) is 2.15. The quantitative estimate of drug-likeness (QED) is 0.728. The van der Waals surface area contributed by atoms with E-state index in [4.69, 9.17) is 0 Å². The lowest BCUT2D eigenvalue weighted by Crippen LogP contribution is -2.25. The van der Waals surface area contributed by atoms with E-state index in [-0.39, 0.29) is 0 Å². The second kappa shape index (κ2) is 6.07. The molecule has 1 aromatic rings. The zero-order valence-electron chi connectivity index (χ0n) is 8.91. The Balaban J connectivity index is 2.54. The van der Waals surface area contributed by atoms with E-state index in [1.165, 1.54) is 12.1 Å². The van der Waals surface area contributed by atoms with Gasteiger partial charge in [-0.05, 0) is 18.1 Å². The van der Waals surface area contributed by atoms with Crippen molar-refractivity contribution in [2.45, 2.75) is 13.3 Å². The topological polar surface area (TPSA) is 3.24 Å². The summed E-state index contributed by atoms with van der Waals surface area (Å²) in [4.78, 5) is 2.31. The first-order chi connectivity index (χ1) is 6.77. The van der Waals surface area contributed by atoms with Gasteiger partial charge in [-0.25, -0.2) is 0 Å². The molecular formula is C12H18BrN. The Kier molecular flexibility index (Phi) is 5.02. The first kappa shape index (κ1) is 11.6. The number of nitrogens with zero attached hydrogens (tertiary/aromatic N) is 1. The Hall–Kier alpha value is -0.500. The molecule has 0 aliphatic carbocycles. The number of rotatable bonds is 5. The molecule has 0 spiro atoms. The van der Waals surface area contributed by atoms with E-state index >= 15 is 0 Å². The molecule has 0 N–H and O–H groups in total. The Bertz CT molecular complexity index is 244. The number of anilines is 1. The second-order valence-electron chi connectivity index (χ2n) is 3.64. The van der Waals surface area contributed by atoms with Gasteiger partial charge in [-0.1, -0.05) is 47.5 Å². The number of hydrogen-bond donors (Lipinski definition) is 0. The van der Waals surface area contributed by atoms with Gasteiger partial charge in [0.05, 0.1) is 0 Å². The van der Waals surface area contributed by atoms with Crippen molar-refractivity contribution >= 4 is 21.6 Å². The predicted octanol–water partition coefficient (Wildman–Crippen LogP) is 3.54. The van der Waals surface area contributed by atoms with Crippen LogP contribution in [0.15, 0.2) is 30.3 Å². The molecule has 0 saturated carbocycles. The first-order valence-electron chi connectivity index (χ1n) is 5.10. The Morgan fingerprint density at radius 2 is 1.93 bits per heavy atom. The van der Waals surface area contributed by atoms with E-state index in [1.807, 2.05) is 0 Å². The maximum absolute atomic E-state index is 3.55. The predicted molar refractivity (Wildman–Crippen MR) is 67.3 cm³/mol. The fourth-order valence-electron chi connectivity index (χ4n) is 1.46. The summed E-state index contributed by atoms with van der Waals surface area (Å²) in [5.41, 5.74) is 1.30. The van der Waals surface area contributed by atoms with Crippen LogP contribution in [0.4, 0.5) is 5.69 Å². The molecule has 1 atom stereocenters. The largest absolute Gasteiger partial charge is 0.374 e. The zero-order chi connectivity index (χ0) is 10.4. The summed E-state index contributed by atoms with van der Waals surface area (Å²) in [6.07, 6.45) is 1.22. The molecule has 14 heavy (non-hydrogen) atoms. The molecule has 0 bridgehead atoms. The van der Waals surface area contributed by atoms with Crippen LogP contribution in [0.2, 0.25) is 0 Å². The Morgan fingerprint density at radius 3 is 2.43 bits per heavy atom. The minimum atomic E-state index is 0.736. The molecule has 0 heterocycles. The van der Waals surface area contributed by atoms with Crippen molar-refractivity contribution in [2.75, 3.05) is 23.8 Å². The van der Waals surface area contributed by atoms with Crippen LogP contribution in [0, 0.1) is 5.92 Å². The van der Waals surface area contributed by atoms with Gasteiger partial charge in [-0.2, -0.15) is 0 Å². The summed E-state index contributed by atoms with van der Waals surface area (Å²) < 4.78 is 0. The first-order valence-corrected chi connectivity index (χ1v) is 6.22. The van der Waals surface area contributed by atoms with Crippen molar-refractivity contribution in [1.29, 1.82) is 0 Å². The van der Waals surface area contributed by atoms with Gasteiger partial charge in [-0.15, -0.1) is 0 Å². The standard InChI is InChI=1S/C12H18BrN/c1-3-11(9-13)10-14(2)12-7-5-4-6-8-12/h4-8,11H,3,9-10H2,1-2H3. The van der Waals surface area contributed by atoms with Crippen molar-refractivity contribution in [3.63, 3.8) is 0 Å². The van der Waals surface area contributed by atoms with E-state index in [9.17, 15) is 0 Å². The summed E-state index contributed by atoms with van der Waals surface area (Å²) in [6, 6.07) is 10.5. The van der Waals surface area contributed by atoms with Gasteiger partial charge in [0.2, 0.25) is 0 Å². The zero-order valence-corrected chi connectivity index (χ0v) is 10.5. The van der Waals surface area contributed by atoms with Gasteiger partial charge in [0.15, 0.2) is 0 Å². The molecule has 0 amide bonds. The molecule has 1 unspecified atom stereocenters. The van der Waals surface area contributed by atoms with Crippen LogP contribution >= 0.6 is 15.9 Å². The normalized spacial score (nSPS) is 12.5. The fraction of sp³-hybridized carbons (Fsp3) is 0.500. The maximum Gasteiger partial charge on any atom is 0.0363 e. The van der Waals surface area contributed by atoms with Crippen LogP contribution in [-0.2, 0) is 0 Å². The number of alkyl halides is 1. The van der Waals surface area contributed by atoms with Crippen LogP contribution in [0.3, 0.4) is 0 Å². The number of benzene rings is 1. The summed E-state index contributed by atoms with van der Waals surface area (Å²) in [5, 5.41) is 1.08. The van der Waals surface area contributed by atoms with Gasteiger partial charge >= 0.3 is 0 Å². The molecule has 0 radical (unpaired) electrons. The second-order valence-corrected chi connectivity index (χ2v) is 4.29. The van der Waals surface area contributed by atoms with E-state index < -0.39 is 0 Å². The van der Waals surface area contributed by atoms with Crippen molar-refractivity contribution in [3.05, 3.63) is 30.3 Å². The number of halogens is 1. The van der Waals surface area contributed by atoms with E-state index in [2.05, 4.69) is 65.1 Å². The molecule has 0 saturated heterocycles. The van der Waals surface area contributed by atoms with Gasteiger partial charge in [-0.3, -0.25) is 0 Å². The molecular weight excluding hydrogens is 238 g/mol. The molecule has 78 valence electrons. The molecule has 0 aliphatic heterocycles. The van der Waals surface area contributed by atoms with Crippen LogP contribution in [0.25, 0.3) is 0 Å². The molecule has 1 nitrogen and oxygen atoms in total. The average molecular weight is 256 g/mol. The Labute approximate surface area is 95.2 Å². The lowest BCUT2D eigenvalue weighted by molar-refractivity contribution is 0.572. The smallest absolute Gasteiger partial charge is 0.0363 e. The lowest BCUT2D eigenvalue weighted by atomic mass is 10.1. The maximum atomic E-state index is 3.55. The van der Waals surface area contributed by atoms with E-state index in [0.29, 0.717) is 0 Å². The molecule has 1 rings (SSSR count). The molecule has 2 heteroatoms. The van der Waals surface area contributed by atoms with Gasteiger partial charge < -0.3 is 4.90 Å². The molecule has 0 aliphatic rings. The van der Waals surface area contributed by atoms with E-state index in [1.54, 1.807) is 0 Å². The van der Waals surface area contributed by atoms with Crippen molar-refractivity contribution < 1.29 is 0 Å². The number of hydrogen-bond acceptors (Lipinski definition) is 1. The third-order valence-electron chi connectivity index (χ3n) is 2.52. The Morgan fingerprint density at radius 1 is 1.29 bits per heavy atom. The highest BCUT2D eigenvalue weighted by molar-refractivity contribution is 9.09. The molecule has 1 aromatic carbocycles. The van der Waals surface area contributed by atoms with Crippen LogP contribution < -0.4 is 4.90 Å².